The van der Waals surface area contributed by atoms with Crippen LogP contribution in [-0.2, 0) is 4.79 Å². The van der Waals surface area contributed by atoms with Crippen LogP contribution in [0.4, 0.5) is 11.4 Å². The van der Waals surface area contributed by atoms with E-state index in [0.717, 1.165) is 30.9 Å². The maximum absolute atomic E-state index is 11.6. The first-order valence-electron chi connectivity index (χ1n) is 5.71. The number of rotatable bonds is 1. The lowest BCUT2D eigenvalue weighted by Gasteiger charge is -2.35. The minimum absolute atomic E-state index is 0.0885. The molecule has 16 heavy (non-hydrogen) atoms. The summed E-state index contributed by atoms with van der Waals surface area (Å²) in [5, 5.41) is 6.25. The minimum Gasteiger partial charge on any atom is -0.356 e. The summed E-state index contributed by atoms with van der Waals surface area (Å²) in [4.78, 5) is 13.8. The maximum atomic E-state index is 11.6. The first-order chi connectivity index (χ1) is 7.84. The molecule has 1 amide bonds. The predicted octanol–water partition coefficient (Wildman–Crippen LogP) is 0.807. The van der Waals surface area contributed by atoms with E-state index in [9.17, 15) is 4.79 Å². The number of benzene rings is 1. The molecule has 1 saturated heterocycles. The minimum atomic E-state index is 0.0885. The highest BCUT2D eigenvalue weighted by atomic mass is 16.2. The highest BCUT2D eigenvalue weighted by Crippen LogP contribution is 2.31. The molecule has 1 fully saturated rings. The fourth-order valence-corrected chi connectivity index (χ4v) is 2.49. The summed E-state index contributed by atoms with van der Waals surface area (Å²) >= 11 is 0. The van der Waals surface area contributed by atoms with E-state index in [1.807, 2.05) is 18.2 Å². The SMILES string of the molecule is O=C1CN(C2CCNC2)c2ccccc2N1. The number of nitrogens with one attached hydrogen (secondary N) is 2. The van der Waals surface area contributed by atoms with E-state index in [1.165, 1.54) is 0 Å². The van der Waals surface area contributed by atoms with Crippen LogP contribution in [0.15, 0.2) is 24.3 Å². The van der Waals surface area contributed by atoms with Crippen molar-refractivity contribution in [2.24, 2.45) is 0 Å². The standard InChI is InChI=1S/C12H15N3O/c16-12-8-15(9-5-6-13-7-9)11-4-2-1-3-10(11)14-12/h1-4,9,13H,5-8H2,(H,14,16). The van der Waals surface area contributed by atoms with E-state index >= 15 is 0 Å². The van der Waals surface area contributed by atoms with Crippen LogP contribution in [0.5, 0.6) is 0 Å². The van der Waals surface area contributed by atoms with Gasteiger partial charge in [-0.25, -0.2) is 0 Å². The largest absolute Gasteiger partial charge is 0.356 e. The van der Waals surface area contributed by atoms with Crippen molar-refractivity contribution in [3.05, 3.63) is 24.3 Å². The molecule has 0 radical (unpaired) electrons. The van der Waals surface area contributed by atoms with Crippen molar-refractivity contribution in [1.82, 2.24) is 5.32 Å². The second kappa shape index (κ2) is 3.79. The van der Waals surface area contributed by atoms with E-state index in [0.29, 0.717) is 12.6 Å². The molecule has 1 aromatic rings. The van der Waals surface area contributed by atoms with Gasteiger partial charge in [0.15, 0.2) is 0 Å². The van der Waals surface area contributed by atoms with E-state index in [2.05, 4.69) is 21.6 Å². The summed E-state index contributed by atoms with van der Waals surface area (Å²) < 4.78 is 0. The molecular weight excluding hydrogens is 202 g/mol. The van der Waals surface area contributed by atoms with Crippen LogP contribution in [0.1, 0.15) is 6.42 Å². The molecule has 0 bridgehead atoms. The maximum Gasteiger partial charge on any atom is 0.243 e. The third-order valence-corrected chi connectivity index (χ3v) is 3.28. The quantitative estimate of drug-likeness (QED) is 0.731. The second-order valence-corrected chi connectivity index (χ2v) is 4.34. The van der Waals surface area contributed by atoms with Crippen LogP contribution in [0.25, 0.3) is 0 Å². The lowest BCUT2D eigenvalue weighted by Crippen LogP contribution is -2.45. The van der Waals surface area contributed by atoms with Crippen molar-refractivity contribution in [1.29, 1.82) is 0 Å². The Morgan fingerprint density at radius 3 is 3.00 bits per heavy atom. The van der Waals surface area contributed by atoms with Crippen molar-refractivity contribution in [3.8, 4) is 0 Å². The fourth-order valence-electron chi connectivity index (χ4n) is 2.49. The zero-order valence-corrected chi connectivity index (χ0v) is 9.07. The average Bonchev–Trinajstić information content (AvgIpc) is 2.81. The van der Waals surface area contributed by atoms with Gasteiger partial charge < -0.3 is 15.5 Å². The smallest absolute Gasteiger partial charge is 0.243 e. The van der Waals surface area contributed by atoms with Gasteiger partial charge in [-0.15, -0.1) is 0 Å². The Morgan fingerprint density at radius 2 is 2.19 bits per heavy atom. The van der Waals surface area contributed by atoms with Gasteiger partial charge in [0.1, 0.15) is 0 Å². The normalized spacial score (nSPS) is 24.1. The molecule has 2 N–H and O–H groups in total. The highest BCUT2D eigenvalue weighted by molar-refractivity contribution is 6.01. The Hall–Kier alpha value is -1.55. The first-order valence-corrected chi connectivity index (χ1v) is 5.71. The fraction of sp³-hybridized carbons (Fsp3) is 0.417. The Balaban J connectivity index is 1.96. The molecule has 0 aliphatic carbocycles. The van der Waals surface area contributed by atoms with E-state index in [1.54, 1.807) is 0 Å². The molecule has 84 valence electrons. The number of carbonyl (C=O) groups excluding carboxylic acids is 1. The van der Waals surface area contributed by atoms with Gasteiger partial charge in [0.05, 0.1) is 17.9 Å². The van der Waals surface area contributed by atoms with Crippen molar-refractivity contribution in [3.63, 3.8) is 0 Å². The van der Waals surface area contributed by atoms with Crippen molar-refractivity contribution < 1.29 is 4.79 Å². The molecule has 3 rings (SSSR count). The summed E-state index contributed by atoms with van der Waals surface area (Å²) in [5.41, 5.74) is 2.08. The lowest BCUT2D eigenvalue weighted by molar-refractivity contribution is -0.115. The molecular formula is C12H15N3O. The number of anilines is 2. The third-order valence-electron chi connectivity index (χ3n) is 3.28. The summed E-state index contributed by atoms with van der Waals surface area (Å²) in [6.45, 7) is 2.50. The monoisotopic (exact) mass is 217 g/mol. The third kappa shape index (κ3) is 1.55. The van der Waals surface area contributed by atoms with Crippen molar-refractivity contribution in [2.45, 2.75) is 12.5 Å². The number of carbonyl (C=O) groups is 1. The van der Waals surface area contributed by atoms with Crippen LogP contribution in [0, 0.1) is 0 Å². The molecule has 1 unspecified atom stereocenters. The molecule has 1 atom stereocenters. The molecule has 0 saturated carbocycles. The Bertz CT molecular complexity index is 412. The van der Waals surface area contributed by atoms with Crippen LogP contribution in [-0.4, -0.2) is 31.6 Å². The summed E-state index contributed by atoms with van der Waals surface area (Å²) in [6.07, 6.45) is 1.11. The summed E-state index contributed by atoms with van der Waals surface area (Å²) in [5.74, 6) is 0.0885. The van der Waals surface area contributed by atoms with Gasteiger partial charge in [-0.2, -0.15) is 0 Å². The van der Waals surface area contributed by atoms with Gasteiger partial charge >= 0.3 is 0 Å². The van der Waals surface area contributed by atoms with Gasteiger partial charge in [0.25, 0.3) is 0 Å². The second-order valence-electron chi connectivity index (χ2n) is 4.34. The van der Waals surface area contributed by atoms with Crippen LogP contribution in [0.2, 0.25) is 0 Å². The van der Waals surface area contributed by atoms with Crippen LogP contribution >= 0.6 is 0 Å². The average molecular weight is 217 g/mol. The van der Waals surface area contributed by atoms with Gasteiger partial charge in [-0.1, -0.05) is 12.1 Å². The molecule has 2 aliphatic heterocycles. The lowest BCUT2D eigenvalue weighted by atomic mass is 10.1. The molecule has 4 heteroatoms. The van der Waals surface area contributed by atoms with Crippen LogP contribution < -0.4 is 15.5 Å². The van der Waals surface area contributed by atoms with Gasteiger partial charge in [-0.3, -0.25) is 4.79 Å². The molecule has 1 aromatic carbocycles. The Labute approximate surface area is 94.6 Å². The molecule has 0 aromatic heterocycles. The topological polar surface area (TPSA) is 44.4 Å². The summed E-state index contributed by atoms with van der Waals surface area (Å²) in [6, 6.07) is 8.46. The number of para-hydroxylation sites is 2. The van der Waals surface area contributed by atoms with E-state index in [4.69, 9.17) is 0 Å². The number of hydrogen-bond acceptors (Lipinski definition) is 3. The zero-order chi connectivity index (χ0) is 11.0. The van der Waals surface area contributed by atoms with Gasteiger partial charge in [0.2, 0.25) is 5.91 Å². The first kappa shape index (κ1) is 9.66. The number of hydrogen-bond donors (Lipinski definition) is 2. The highest BCUT2D eigenvalue weighted by Gasteiger charge is 2.29. The van der Waals surface area contributed by atoms with Gasteiger partial charge in [-0.05, 0) is 25.1 Å². The van der Waals surface area contributed by atoms with Gasteiger partial charge in [0, 0.05) is 12.6 Å². The van der Waals surface area contributed by atoms with E-state index in [-0.39, 0.29) is 5.91 Å². The predicted molar refractivity (Wildman–Crippen MR) is 63.7 cm³/mol. The zero-order valence-electron chi connectivity index (χ0n) is 9.07. The Morgan fingerprint density at radius 1 is 1.31 bits per heavy atom. The van der Waals surface area contributed by atoms with Crippen molar-refractivity contribution >= 4 is 17.3 Å². The number of amides is 1. The van der Waals surface area contributed by atoms with Crippen molar-refractivity contribution in [2.75, 3.05) is 29.9 Å². The van der Waals surface area contributed by atoms with Crippen LogP contribution in [0.3, 0.4) is 0 Å². The number of nitrogens with zero attached hydrogens (tertiary/aromatic N) is 1. The molecule has 4 nitrogen and oxygen atoms in total. The molecule has 2 aliphatic rings. The Kier molecular flexibility index (Phi) is 2.29. The number of fused-ring (bicyclic) bond motifs is 1. The molecule has 2 heterocycles. The summed E-state index contributed by atoms with van der Waals surface area (Å²) in [7, 11) is 0. The molecule has 0 spiro atoms. The van der Waals surface area contributed by atoms with E-state index < -0.39 is 0 Å².